The summed E-state index contributed by atoms with van der Waals surface area (Å²) in [7, 11) is 0. The van der Waals surface area contributed by atoms with Crippen LogP contribution in [0.3, 0.4) is 0 Å². The Labute approximate surface area is 153 Å². The highest BCUT2D eigenvalue weighted by Gasteiger charge is 2.28. The fourth-order valence-corrected chi connectivity index (χ4v) is 3.51. The van der Waals surface area contributed by atoms with Gasteiger partial charge in [-0.3, -0.25) is 9.48 Å². The summed E-state index contributed by atoms with van der Waals surface area (Å²) in [6.45, 7) is 6.64. The number of para-hydroxylation sites is 1. The average molecular weight is 361 g/mol. The second-order valence-electron chi connectivity index (χ2n) is 7.47. The summed E-state index contributed by atoms with van der Waals surface area (Å²) in [6.07, 6.45) is 4.92. The highest BCUT2D eigenvalue weighted by atomic mass is 35.5. The maximum absolute atomic E-state index is 12.4. The van der Waals surface area contributed by atoms with E-state index < -0.39 is 0 Å². The number of anilines is 1. The summed E-state index contributed by atoms with van der Waals surface area (Å²) in [4.78, 5) is 12.4. The Morgan fingerprint density at radius 1 is 1.36 bits per heavy atom. The molecule has 134 valence electrons. The lowest BCUT2D eigenvalue weighted by atomic mass is 9.92. The van der Waals surface area contributed by atoms with Crippen molar-refractivity contribution in [2.75, 3.05) is 11.9 Å². The molecule has 0 fully saturated rings. The molecule has 3 rings (SSSR count). The van der Waals surface area contributed by atoms with Crippen molar-refractivity contribution in [2.45, 2.75) is 51.6 Å². The van der Waals surface area contributed by atoms with Crippen LogP contribution in [0.15, 0.2) is 30.5 Å². The van der Waals surface area contributed by atoms with Gasteiger partial charge in [-0.25, -0.2) is 0 Å². The Morgan fingerprint density at radius 2 is 2.12 bits per heavy atom. The van der Waals surface area contributed by atoms with Crippen molar-refractivity contribution >= 4 is 23.2 Å². The molecule has 2 N–H and O–H groups in total. The Balaban J connectivity index is 1.66. The van der Waals surface area contributed by atoms with E-state index in [0.717, 1.165) is 30.5 Å². The predicted octanol–water partition coefficient (Wildman–Crippen LogP) is 3.90. The molecule has 1 amide bonds. The van der Waals surface area contributed by atoms with Crippen molar-refractivity contribution in [3.63, 3.8) is 0 Å². The first kappa shape index (κ1) is 17.8. The van der Waals surface area contributed by atoms with Crippen LogP contribution in [0.25, 0.3) is 0 Å². The van der Waals surface area contributed by atoms with Crippen molar-refractivity contribution in [1.82, 2.24) is 15.1 Å². The van der Waals surface area contributed by atoms with Crippen LogP contribution in [0.4, 0.5) is 5.69 Å². The molecule has 1 unspecified atom stereocenters. The molecule has 1 aromatic heterocycles. The van der Waals surface area contributed by atoms with E-state index in [1.165, 1.54) is 5.69 Å². The first-order valence-electron chi connectivity index (χ1n) is 8.71. The standard InChI is InChI=1S/C19H25ClN4O/c1-19(2,3)24-17-10-6-9-15(13(17)11-22-24)23-18(25)12-21-16-8-5-4-7-14(16)20/h4-5,7-8,11,15,21H,6,9-10,12H2,1-3H3,(H,23,25). The summed E-state index contributed by atoms with van der Waals surface area (Å²) >= 11 is 6.11. The second kappa shape index (κ2) is 7.08. The van der Waals surface area contributed by atoms with E-state index in [4.69, 9.17) is 11.6 Å². The molecular weight excluding hydrogens is 336 g/mol. The highest BCUT2D eigenvalue weighted by molar-refractivity contribution is 6.33. The molecule has 0 bridgehead atoms. The smallest absolute Gasteiger partial charge is 0.239 e. The summed E-state index contributed by atoms with van der Waals surface area (Å²) in [6, 6.07) is 7.45. The van der Waals surface area contributed by atoms with Crippen LogP contribution in [-0.4, -0.2) is 22.2 Å². The number of amides is 1. The number of hydrogen-bond donors (Lipinski definition) is 2. The van der Waals surface area contributed by atoms with Crippen LogP contribution < -0.4 is 10.6 Å². The number of carbonyl (C=O) groups is 1. The third-order valence-corrected chi connectivity index (χ3v) is 4.80. The van der Waals surface area contributed by atoms with Crippen molar-refractivity contribution in [1.29, 1.82) is 0 Å². The largest absolute Gasteiger partial charge is 0.375 e. The molecule has 0 spiro atoms. The summed E-state index contributed by atoms with van der Waals surface area (Å²) in [5.74, 6) is -0.0405. The van der Waals surface area contributed by atoms with Gasteiger partial charge in [0.1, 0.15) is 0 Å². The minimum Gasteiger partial charge on any atom is -0.375 e. The molecule has 5 nitrogen and oxygen atoms in total. The van der Waals surface area contributed by atoms with Gasteiger partial charge in [-0.2, -0.15) is 5.10 Å². The van der Waals surface area contributed by atoms with E-state index in [9.17, 15) is 4.79 Å². The minimum atomic E-state index is -0.0505. The highest BCUT2D eigenvalue weighted by Crippen LogP contribution is 2.32. The third kappa shape index (κ3) is 3.98. The summed E-state index contributed by atoms with van der Waals surface area (Å²) < 4.78 is 2.09. The average Bonchev–Trinajstić information content (AvgIpc) is 2.99. The number of halogens is 1. The molecule has 0 aliphatic heterocycles. The minimum absolute atomic E-state index is 0.0281. The molecule has 6 heteroatoms. The zero-order valence-electron chi connectivity index (χ0n) is 15.0. The van der Waals surface area contributed by atoms with E-state index in [2.05, 4.69) is 41.2 Å². The van der Waals surface area contributed by atoms with E-state index in [1.54, 1.807) is 6.07 Å². The predicted molar refractivity (Wildman–Crippen MR) is 101 cm³/mol. The molecule has 2 aromatic rings. The lowest BCUT2D eigenvalue weighted by Gasteiger charge is -2.28. The Hall–Kier alpha value is -2.01. The molecule has 25 heavy (non-hydrogen) atoms. The van der Waals surface area contributed by atoms with E-state index in [0.29, 0.717) is 5.02 Å². The maximum atomic E-state index is 12.4. The van der Waals surface area contributed by atoms with Crippen LogP contribution in [-0.2, 0) is 16.8 Å². The van der Waals surface area contributed by atoms with Gasteiger partial charge in [-0.1, -0.05) is 23.7 Å². The number of nitrogens with one attached hydrogen (secondary N) is 2. The van der Waals surface area contributed by atoms with Crippen molar-refractivity contribution in [3.05, 3.63) is 46.7 Å². The fourth-order valence-electron chi connectivity index (χ4n) is 3.31. The first-order chi connectivity index (χ1) is 11.9. The summed E-state index contributed by atoms with van der Waals surface area (Å²) in [5.41, 5.74) is 3.10. The van der Waals surface area contributed by atoms with Crippen molar-refractivity contribution in [3.8, 4) is 0 Å². The van der Waals surface area contributed by atoms with Gasteiger partial charge in [-0.05, 0) is 52.2 Å². The first-order valence-corrected chi connectivity index (χ1v) is 9.09. The molecule has 1 aliphatic carbocycles. The van der Waals surface area contributed by atoms with Gasteiger partial charge >= 0.3 is 0 Å². The number of nitrogens with zero attached hydrogens (tertiary/aromatic N) is 2. The topological polar surface area (TPSA) is 59.0 Å². The second-order valence-corrected chi connectivity index (χ2v) is 7.88. The monoisotopic (exact) mass is 360 g/mol. The van der Waals surface area contributed by atoms with Crippen LogP contribution in [0.2, 0.25) is 5.02 Å². The third-order valence-electron chi connectivity index (χ3n) is 4.47. The molecule has 0 saturated carbocycles. The van der Waals surface area contributed by atoms with E-state index in [-0.39, 0.29) is 24.0 Å². The normalized spacial score (nSPS) is 17.0. The van der Waals surface area contributed by atoms with Gasteiger partial charge in [0.05, 0.1) is 35.0 Å². The van der Waals surface area contributed by atoms with Gasteiger partial charge in [-0.15, -0.1) is 0 Å². The Kier molecular flexibility index (Phi) is 5.04. The van der Waals surface area contributed by atoms with Gasteiger partial charge in [0.15, 0.2) is 0 Å². The fraction of sp³-hybridized carbons (Fsp3) is 0.474. The lowest BCUT2D eigenvalue weighted by molar-refractivity contribution is -0.120. The number of rotatable bonds is 4. The molecule has 1 atom stereocenters. The number of hydrogen-bond acceptors (Lipinski definition) is 3. The maximum Gasteiger partial charge on any atom is 0.239 e. The molecule has 0 radical (unpaired) electrons. The number of benzene rings is 1. The molecule has 1 heterocycles. The Morgan fingerprint density at radius 3 is 2.84 bits per heavy atom. The molecular formula is C19H25ClN4O. The lowest BCUT2D eigenvalue weighted by Crippen LogP contribution is -2.35. The zero-order valence-corrected chi connectivity index (χ0v) is 15.7. The van der Waals surface area contributed by atoms with Crippen molar-refractivity contribution in [2.24, 2.45) is 0 Å². The number of carbonyl (C=O) groups excluding carboxylic acids is 1. The zero-order chi connectivity index (χ0) is 18.0. The van der Waals surface area contributed by atoms with Crippen LogP contribution in [0.1, 0.15) is 50.9 Å². The van der Waals surface area contributed by atoms with Crippen molar-refractivity contribution < 1.29 is 4.79 Å². The van der Waals surface area contributed by atoms with Gasteiger partial charge < -0.3 is 10.6 Å². The van der Waals surface area contributed by atoms with Gasteiger partial charge in [0.2, 0.25) is 5.91 Å². The SMILES string of the molecule is CC(C)(C)n1ncc2c1CCCC2NC(=O)CNc1ccccc1Cl. The van der Waals surface area contributed by atoms with Crippen LogP contribution >= 0.6 is 11.6 Å². The van der Waals surface area contributed by atoms with Gasteiger partial charge in [0, 0.05) is 11.3 Å². The van der Waals surface area contributed by atoms with E-state index in [1.807, 2.05) is 24.4 Å². The summed E-state index contributed by atoms with van der Waals surface area (Å²) in [5, 5.41) is 11.4. The van der Waals surface area contributed by atoms with Crippen LogP contribution in [0, 0.1) is 0 Å². The molecule has 1 aliphatic rings. The van der Waals surface area contributed by atoms with Crippen LogP contribution in [0.5, 0.6) is 0 Å². The number of aromatic nitrogens is 2. The number of fused-ring (bicyclic) bond motifs is 1. The Bertz CT molecular complexity index is 763. The van der Waals surface area contributed by atoms with E-state index >= 15 is 0 Å². The van der Waals surface area contributed by atoms with Gasteiger partial charge in [0.25, 0.3) is 0 Å². The molecule has 0 saturated heterocycles. The molecule has 1 aromatic carbocycles. The quantitative estimate of drug-likeness (QED) is 0.869.